The molecule has 0 aromatic carbocycles. The molecule has 0 unspecified atom stereocenters. The van der Waals surface area contributed by atoms with Gasteiger partial charge in [-0.25, -0.2) is 0 Å². The molecule has 0 amide bonds. The van der Waals surface area contributed by atoms with Gasteiger partial charge in [0.25, 0.3) is 0 Å². The minimum absolute atomic E-state index is 0.0769. The molecular weight excluding hydrogens is 162 g/mol. The van der Waals surface area contributed by atoms with Crippen LogP contribution in [-0.2, 0) is 0 Å². The van der Waals surface area contributed by atoms with Gasteiger partial charge in [-0.3, -0.25) is 4.79 Å². The number of nitrogens with one attached hydrogen (secondary N) is 1. The van der Waals surface area contributed by atoms with Crippen molar-refractivity contribution in [2.24, 2.45) is 0 Å². The Kier molecular flexibility index (Phi) is 2.41. The number of allylic oxidation sites excluding steroid dienone is 1. The van der Waals surface area contributed by atoms with Gasteiger partial charge in [-0.05, 0) is 31.9 Å². The van der Waals surface area contributed by atoms with Gasteiger partial charge in [0.05, 0.1) is 5.69 Å². The highest BCUT2D eigenvalue weighted by atomic mass is 16.1. The van der Waals surface area contributed by atoms with Gasteiger partial charge < -0.3 is 4.98 Å². The summed E-state index contributed by atoms with van der Waals surface area (Å²) in [5.41, 5.74) is 4.83. The molecule has 0 aliphatic carbocycles. The van der Waals surface area contributed by atoms with E-state index in [1.807, 2.05) is 20.8 Å². The molecular formula is C11H15NO. The van der Waals surface area contributed by atoms with Gasteiger partial charge in [-0.15, -0.1) is 0 Å². The monoisotopic (exact) mass is 177 g/mol. The van der Waals surface area contributed by atoms with Crippen LogP contribution in [0.25, 0.3) is 5.57 Å². The molecule has 0 fully saturated rings. The van der Waals surface area contributed by atoms with Gasteiger partial charge in [-0.1, -0.05) is 6.58 Å². The van der Waals surface area contributed by atoms with Crippen LogP contribution in [0.1, 0.15) is 41.2 Å². The molecule has 2 nitrogen and oxygen atoms in total. The van der Waals surface area contributed by atoms with Gasteiger partial charge in [0.15, 0.2) is 5.78 Å². The Balaban J connectivity index is 3.39. The molecule has 1 rings (SSSR count). The topological polar surface area (TPSA) is 32.9 Å². The number of ketones is 1. The Hall–Kier alpha value is -1.31. The minimum atomic E-state index is 0.0769. The zero-order chi connectivity index (χ0) is 10.2. The van der Waals surface area contributed by atoms with Crippen LogP contribution in [0.15, 0.2) is 6.58 Å². The summed E-state index contributed by atoms with van der Waals surface area (Å²) in [5, 5.41) is 0. The van der Waals surface area contributed by atoms with E-state index in [9.17, 15) is 4.79 Å². The SMILES string of the molecule is C=C(C)c1c(C)[nH]c(C(C)=O)c1C. The second kappa shape index (κ2) is 3.21. The van der Waals surface area contributed by atoms with Crippen molar-refractivity contribution < 1.29 is 4.79 Å². The van der Waals surface area contributed by atoms with Gasteiger partial charge in [-0.2, -0.15) is 0 Å². The van der Waals surface area contributed by atoms with E-state index in [0.717, 1.165) is 22.4 Å². The van der Waals surface area contributed by atoms with E-state index in [4.69, 9.17) is 0 Å². The Bertz CT molecular complexity index is 372. The maximum Gasteiger partial charge on any atom is 0.176 e. The van der Waals surface area contributed by atoms with Gasteiger partial charge in [0, 0.05) is 18.2 Å². The molecule has 0 spiro atoms. The summed E-state index contributed by atoms with van der Waals surface area (Å²) in [6.45, 7) is 11.3. The molecule has 0 atom stereocenters. The zero-order valence-corrected chi connectivity index (χ0v) is 8.62. The van der Waals surface area contributed by atoms with Crippen LogP contribution in [0.4, 0.5) is 0 Å². The molecule has 1 aromatic heterocycles. The lowest BCUT2D eigenvalue weighted by Crippen LogP contribution is -1.94. The van der Waals surface area contributed by atoms with Crippen molar-refractivity contribution in [1.82, 2.24) is 4.98 Å². The fourth-order valence-corrected chi connectivity index (χ4v) is 1.74. The first-order valence-corrected chi connectivity index (χ1v) is 4.31. The number of carbonyl (C=O) groups excluding carboxylic acids is 1. The van der Waals surface area contributed by atoms with Gasteiger partial charge in [0.2, 0.25) is 0 Å². The number of rotatable bonds is 2. The van der Waals surface area contributed by atoms with Crippen LogP contribution in [0.3, 0.4) is 0 Å². The lowest BCUT2D eigenvalue weighted by atomic mass is 10.0. The molecule has 0 bridgehead atoms. The first kappa shape index (κ1) is 9.78. The Morgan fingerprint density at radius 1 is 1.31 bits per heavy atom. The molecule has 0 saturated heterocycles. The van der Waals surface area contributed by atoms with E-state index in [2.05, 4.69) is 11.6 Å². The standard InChI is InChI=1S/C11H15NO/c1-6(2)10-7(3)11(9(5)13)12-8(10)4/h12H,1H2,2-5H3. The average molecular weight is 177 g/mol. The molecule has 1 heterocycles. The molecule has 70 valence electrons. The Morgan fingerprint density at radius 2 is 1.85 bits per heavy atom. The van der Waals surface area contributed by atoms with Crippen molar-refractivity contribution in [2.45, 2.75) is 27.7 Å². The first-order valence-electron chi connectivity index (χ1n) is 4.31. The fourth-order valence-electron chi connectivity index (χ4n) is 1.74. The van der Waals surface area contributed by atoms with Crippen molar-refractivity contribution in [1.29, 1.82) is 0 Å². The molecule has 0 aliphatic heterocycles. The number of hydrogen-bond acceptors (Lipinski definition) is 1. The predicted molar refractivity (Wildman–Crippen MR) is 55.0 cm³/mol. The summed E-state index contributed by atoms with van der Waals surface area (Å²) in [6.07, 6.45) is 0. The molecule has 1 N–H and O–H groups in total. The van der Waals surface area contributed by atoms with Crippen LogP contribution >= 0.6 is 0 Å². The number of aromatic amines is 1. The normalized spacial score (nSPS) is 10.2. The summed E-state index contributed by atoms with van der Waals surface area (Å²) in [4.78, 5) is 14.3. The summed E-state index contributed by atoms with van der Waals surface area (Å²) in [6, 6.07) is 0. The third-order valence-corrected chi connectivity index (χ3v) is 2.22. The van der Waals surface area contributed by atoms with Crippen molar-refractivity contribution in [3.8, 4) is 0 Å². The van der Waals surface area contributed by atoms with E-state index in [1.165, 1.54) is 0 Å². The number of Topliss-reactive ketones (excluding diaryl/α,β-unsaturated/α-hetero) is 1. The van der Waals surface area contributed by atoms with E-state index < -0.39 is 0 Å². The van der Waals surface area contributed by atoms with Crippen LogP contribution in [0.2, 0.25) is 0 Å². The lowest BCUT2D eigenvalue weighted by Gasteiger charge is -1.99. The minimum Gasteiger partial charge on any atom is -0.356 e. The fraction of sp³-hybridized carbons (Fsp3) is 0.364. The van der Waals surface area contributed by atoms with Crippen LogP contribution < -0.4 is 0 Å². The summed E-state index contributed by atoms with van der Waals surface area (Å²) >= 11 is 0. The Labute approximate surface area is 78.7 Å². The summed E-state index contributed by atoms with van der Waals surface area (Å²) in [7, 11) is 0. The Morgan fingerprint density at radius 3 is 2.08 bits per heavy atom. The number of H-pyrrole nitrogens is 1. The zero-order valence-electron chi connectivity index (χ0n) is 8.62. The van der Waals surface area contributed by atoms with E-state index >= 15 is 0 Å². The molecule has 0 radical (unpaired) electrons. The third-order valence-electron chi connectivity index (χ3n) is 2.22. The molecule has 13 heavy (non-hydrogen) atoms. The van der Waals surface area contributed by atoms with E-state index in [0.29, 0.717) is 5.69 Å². The van der Waals surface area contributed by atoms with E-state index in [1.54, 1.807) is 6.92 Å². The number of aryl methyl sites for hydroxylation is 1. The van der Waals surface area contributed by atoms with Crippen molar-refractivity contribution in [2.75, 3.05) is 0 Å². The first-order chi connectivity index (χ1) is 5.95. The van der Waals surface area contributed by atoms with Crippen molar-refractivity contribution >= 4 is 11.4 Å². The number of carbonyl (C=O) groups is 1. The maximum absolute atomic E-state index is 11.2. The third kappa shape index (κ3) is 1.57. The molecule has 0 saturated carbocycles. The highest BCUT2D eigenvalue weighted by Crippen LogP contribution is 2.24. The largest absolute Gasteiger partial charge is 0.356 e. The average Bonchev–Trinajstić information content (AvgIpc) is 2.26. The second-order valence-corrected chi connectivity index (χ2v) is 3.46. The predicted octanol–water partition coefficient (Wildman–Crippen LogP) is 2.87. The van der Waals surface area contributed by atoms with Gasteiger partial charge >= 0.3 is 0 Å². The summed E-state index contributed by atoms with van der Waals surface area (Å²) < 4.78 is 0. The number of hydrogen-bond donors (Lipinski definition) is 1. The lowest BCUT2D eigenvalue weighted by molar-refractivity contribution is 0.101. The smallest absolute Gasteiger partial charge is 0.176 e. The highest BCUT2D eigenvalue weighted by molar-refractivity contribution is 5.95. The molecule has 2 heteroatoms. The number of aromatic nitrogens is 1. The summed E-state index contributed by atoms with van der Waals surface area (Å²) in [5.74, 6) is 0.0769. The van der Waals surface area contributed by atoms with E-state index in [-0.39, 0.29) is 5.78 Å². The van der Waals surface area contributed by atoms with Crippen molar-refractivity contribution in [3.05, 3.63) is 29.1 Å². The van der Waals surface area contributed by atoms with Crippen molar-refractivity contribution in [3.63, 3.8) is 0 Å². The molecule has 1 aromatic rings. The van der Waals surface area contributed by atoms with Gasteiger partial charge in [0.1, 0.15) is 0 Å². The van der Waals surface area contributed by atoms with Crippen LogP contribution in [0, 0.1) is 13.8 Å². The maximum atomic E-state index is 11.2. The second-order valence-electron chi connectivity index (χ2n) is 3.46. The van der Waals surface area contributed by atoms with Crippen LogP contribution in [0.5, 0.6) is 0 Å². The molecule has 0 aliphatic rings. The highest BCUT2D eigenvalue weighted by Gasteiger charge is 2.13. The quantitative estimate of drug-likeness (QED) is 0.692. The van der Waals surface area contributed by atoms with Crippen LogP contribution in [-0.4, -0.2) is 10.8 Å².